The number of hydrogen-bond donors (Lipinski definition) is 3. The predicted molar refractivity (Wildman–Crippen MR) is 128 cm³/mol. The molecule has 8 heteroatoms. The Morgan fingerprint density at radius 3 is 2.94 bits per heavy atom. The number of amides is 1. The zero-order chi connectivity index (χ0) is 22.5. The molecule has 0 radical (unpaired) electrons. The van der Waals surface area contributed by atoms with Crippen molar-refractivity contribution in [2.45, 2.75) is 31.6 Å². The molecule has 2 atom stereocenters. The van der Waals surface area contributed by atoms with Crippen LogP contribution in [0.3, 0.4) is 0 Å². The van der Waals surface area contributed by atoms with E-state index >= 15 is 0 Å². The number of fused-ring (bicyclic) bond motifs is 1. The summed E-state index contributed by atoms with van der Waals surface area (Å²) in [6, 6.07) is 14.3. The van der Waals surface area contributed by atoms with Gasteiger partial charge in [-0.05, 0) is 37.1 Å². The largest absolute Gasteiger partial charge is 0.489 e. The monoisotopic (exact) mass is 447 g/mol. The highest BCUT2D eigenvalue weighted by Crippen LogP contribution is 2.49. The lowest BCUT2D eigenvalue weighted by molar-refractivity contribution is 0.0708. The second-order valence-corrected chi connectivity index (χ2v) is 9.12. The molecule has 172 valence electrons. The first-order valence-corrected chi connectivity index (χ1v) is 11.7. The molecule has 8 nitrogen and oxygen atoms in total. The summed E-state index contributed by atoms with van der Waals surface area (Å²) < 4.78 is 8.19. The summed E-state index contributed by atoms with van der Waals surface area (Å²) >= 11 is 0. The molecule has 1 amide bonds. The fraction of sp³-hybridized carbons (Fsp3) is 0.400. The summed E-state index contributed by atoms with van der Waals surface area (Å²) in [5.41, 5.74) is 10.8. The molecular weight excluding hydrogens is 418 g/mol. The van der Waals surface area contributed by atoms with Crippen LogP contribution in [0.2, 0.25) is 0 Å². The number of aromatic nitrogens is 1. The third kappa shape index (κ3) is 3.32. The lowest BCUT2D eigenvalue weighted by Gasteiger charge is -2.33. The van der Waals surface area contributed by atoms with Gasteiger partial charge >= 0.3 is 0 Å². The van der Waals surface area contributed by atoms with Crippen molar-refractivity contribution >= 4 is 28.2 Å². The number of nitrogens with zero attached hydrogens (tertiary/aromatic N) is 3. The maximum atomic E-state index is 13.3. The van der Waals surface area contributed by atoms with Crippen LogP contribution < -0.4 is 20.7 Å². The lowest BCUT2D eigenvalue weighted by atomic mass is 10.0. The molecule has 1 unspecified atom stereocenters. The predicted octanol–water partition coefficient (Wildman–Crippen LogP) is 2.52. The molecule has 3 aliphatic heterocycles. The van der Waals surface area contributed by atoms with Crippen LogP contribution in [-0.4, -0.2) is 59.4 Å². The van der Waals surface area contributed by atoms with Crippen molar-refractivity contribution in [1.29, 1.82) is 0 Å². The van der Waals surface area contributed by atoms with Gasteiger partial charge in [0, 0.05) is 42.1 Å². The third-order valence-electron chi connectivity index (χ3n) is 6.99. The highest BCUT2D eigenvalue weighted by Gasteiger charge is 2.38. The normalized spacial score (nSPS) is 21.6. The van der Waals surface area contributed by atoms with Crippen LogP contribution in [0.15, 0.2) is 42.5 Å². The molecule has 6 rings (SSSR count). The number of aliphatic hydroxyl groups is 1. The van der Waals surface area contributed by atoms with Gasteiger partial charge in [0.2, 0.25) is 0 Å². The van der Waals surface area contributed by atoms with E-state index < -0.39 is 0 Å². The number of para-hydroxylation sites is 1. The van der Waals surface area contributed by atoms with Crippen molar-refractivity contribution in [3.63, 3.8) is 0 Å². The minimum Gasteiger partial charge on any atom is -0.489 e. The number of hydrogen-bond acceptors (Lipinski definition) is 6. The first-order valence-electron chi connectivity index (χ1n) is 11.7. The number of ether oxygens (including phenoxy) is 1. The third-order valence-corrected chi connectivity index (χ3v) is 6.99. The Balaban J connectivity index is 1.38. The summed E-state index contributed by atoms with van der Waals surface area (Å²) in [7, 11) is 0. The number of nitrogens with one attached hydrogen (secondary N) is 1. The smallest absolute Gasteiger partial charge is 0.254 e. The molecule has 33 heavy (non-hydrogen) atoms. The SMILES string of the molecule is NC1CCCN(C(=O)c2cc3c4c(c2)OCCN4[C@H](c2cc4ccccc4n2CCO)N3)C1. The van der Waals surface area contributed by atoms with Crippen LogP contribution in [0.25, 0.3) is 10.9 Å². The van der Waals surface area contributed by atoms with Crippen molar-refractivity contribution in [2.24, 2.45) is 5.73 Å². The molecule has 0 spiro atoms. The molecule has 0 bridgehead atoms. The zero-order valence-corrected chi connectivity index (χ0v) is 18.5. The van der Waals surface area contributed by atoms with Gasteiger partial charge in [0.25, 0.3) is 5.91 Å². The molecule has 1 saturated heterocycles. The Morgan fingerprint density at radius 2 is 2.09 bits per heavy atom. The number of rotatable bonds is 4. The van der Waals surface area contributed by atoms with E-state index in [1.54, 1.807) is 0 Å². The van der Waals surface area contributed by atoms with Gasteiger partial charge in [0.15, 0.2) is 0 Å². The van der Waals surface area contributed by atoms with E-state index in [2.05, 4.69) is 33.0 Å². The van der Waals surface area contributed by atoms with E-state index in [1.807, 2.05) is 29.2 Å². The molecule has 0 aliphatic carbocycles. The Hall–Kier alpha value is -3.23. The van der Waals surface area contributed by atoms with Crippen molar-refractivity contribution in [3.05, 3.63) is 53.7 Å². The molecule has 4 heterocycles. The van der Waals surface area contributed by atoms with Gasteiger partial charge in [-0.2, -0.15) is 0 Å². The van der Waals surface area contributed by atoms with Gasteiger partial charge in [0.05, 0.1) is 24.5 Å². The van der Waals surface area contributed by atoms with Crippen molar-refractivity contribution in [1.82, 2.24) is 9.47 Å². The fourth-order valence-corrected chi connectivity index (χ4v) is 5.52. The number of likely N-dealkylation sites (tertiary alicyclic amines) is 1. The van der Waals surface area contributed by atoms with Crippen molar-refractivity contribution < 1.29 is 14.6 Å². The Bertz CT molecular complexity index is 1220. The highest BCUT2D eigenvalue weighted by molar-refractivity contribution is 5.99. The van der Waals surface area contributed by atoms with Crippen LogP contribution in [0.1, 0.15) is 35.1 Å². The minimum atomic E-state index is -0.102. The lowest BCUT2D eigenvalue weighted by Crippen LogP contribution is -2.45. The summed E-state index contributed by atoms with van der Waals surface area (Å²) in [6.07, 6.45) is 1.79. The van der Waals surface area contributed by atoms with Gasteiger partial charge in [-0.1, -0.05) is 18.2 Å². The number of aliphatic hydroxyl groups excluding tert-OH is 1. The Kier molecular flexibility index (Phi) is 4.92. The average Bonchev–Trinajstić information content (AvgIpc) is 3.38. The standard InChI is InChI=1S/C25H29N5O3/c26-18-5-3-7-28(15-18)25(32)17-12-19-23-22(14-17)33-11-9-30(23)24(27-19)21-13-16-4-1-2-6-20(16)29(21)8-10-31/h1-2,4,6,12-14,18,24,27,31H,3,5,7-11,15,26H2/t18?,24-/m1/s1. The molecular formula is C25H29N5O3. The number of carbonyl (C=O) groups excluding carboxylic acids is 1. The van der Waals surface area contributed by atoms with Crippen LogP contribution in [0.5, 0.6) is 5.75 Å². The van der Waals surface area contributed by atoms with Crippen LogP contribution in [0, 0.1) is 0 Å². The van der Waals surface area contributed by atoms with E-state index in [4.69, 9.17) is 10.5 Å². The van der Waals surface area contributed by atoms with E-state index in [-0.39, 0.29) is 24.7 Å². The van der Waals surface area contributed by atoms with E-state index in [0.717, 1.165) is 59.7 Å². The van der Waals surface area contributed by atoms with Gasteiger partial charge in [-0.15, -0.1) is 0 Å². The fourth-order valence-electron chi connectivity index (χ4n) is 5.52. The van der Waals surface area contributed by atoms with Gasteiger partial charge in [0.1, 0.15) is 24.2 Å². The number of benzene rings is 2. The zero-order valence-electron chi connectivity index (χ0n) is 18.5. The number of nitrogens with two attached hydrogens (primary N) is 1. The topological polar surface area (TPSA) is 96.0 Å². The maximum Gasteiger partial charge on any atom is 0.254 e. The molecule has 4 N–H and O–H groups in total. The summed E-state index contributed by atoms with van der Waals surface area (Å²) in [4.78, 5) is 17.4. The number of piperidine rings is 1. The average molecular weight is 448 g/mol. The van der Waals surface area contributed by atoms with Gasteiger partial charge < -0.3 is 35.3 Å². The quantitative estimate of drug-likeness (QED) is 0.569. The molecule has 0 saturated carbocycles. The van der Waals surface area contributed by atoms with Crippen molar-refractivity contribution in [2.75, 3.05) is 43.1 Å². The Morgan fingerprint density at radius 1 is 1.21 bits per heavy atom. The van der Waals surface area contributed by atoms with E-state index in [1.165, 1.54) is 0 Å². The first kappa shape index (κ1) is 20.4. The highest BCUT2D eigenvalue weighted by atomic mass is 16.5. The second-order valence-electron chi connectivity index (χ2n) is 9.12. The molecule has 3 aliphatic rings. The molecule has 1 aromatic heterocycles. The summed E-state index contributed by atoms with van der Waals surface area (Å²) in [5, 5.41) is 14.5. The second kappa shape index (κ2) is 7.97. The number of anilines is 2. The number of carbonyl (C=O) groups is 1. The van der Waals surface area contributed by atoms with Crippen molar-refractivity contribution in [3.8, 4) is 5.75 Å². The van der Waals surface area contributed by atoms with E-state index in [9.17, 15) is 9.90 Å². The Labute approximate surface area is 192 Å². The van der Waals surface area contributed by atoms with Gasteiger partial charge in [-0.25, -0.2) is 0 Å². The molecule has 2 aromatic carbocycles. The van der Waals surface area contributed by atoms with Gasteiger partial charge in [-0.3, -0.25) is 4.79 Å². The van der Waals surface area contributed by atoms with E-state index in [0.29, 0.717) is 25.3 Å². The first-order chi connectivity index (χ1) is 16.1. The summed E-state index contributed by atoms with van der Waals surface area (Å²) in [5.74, 6) is 0.743. The molecule has 1 fully saturated rings. The van der Waals surface area contributed by atoms with Crippen LogP contribution in [0.4, 0.5) is 11.4 Å². The van der Waals surface area contributed by atoms with Crippen LogP contribution in [-0.2, 0) is 6.54 Å². The maximum absolute atomic E-state index is 13.3. The summed E-state index contributed by atoms with van der Waals surface area (Å²) in [6.45, 7) is 3.21. The minimum absolute atomic E-state index is 0.00423. The molecule has 3 aromatic rings. The van der Waals surface area contributed by atoms with Crippen LogP contribution >= 0.6 is 0 Å².